The van der Waals surface area contributed by atoms with Gasteiger partial charge >= 0.3 is 11.9 Å². The van der Waals surface area contributed by atoms with Crippen LogP contribution in [0.1, 0.15) is 19.4 Å². The minimum absolute atomic E-state index is 0.291. The number of hydrogen-bond donors (Lipinski definition) is 0. The summed E-state index contributed by atoms with van der Waals surface area (Å²) in [5.74, 6) is -1.38. The Labute approximate surface area is 136 Å². The molecule has 0 amide bonds. The van der Waals surface area contributed by atoms with Gasteiger partial charge in [0.15, 0.2) is 0 Å². The van der Waals surface area contributed by atoms with E-state index < -0.39 is 24.0 Å². The van der Waals surface area contributed by atoms with Gasteiger partial charge in [0.2, 0.25) is 0 Å². The molecule has 0 unspecified atom stereocenters. The molecule has 0 aliphatic rings. The summed E-state index contributed by atoms with van der Waals surface area (Å²) in [6.07, 6.45) is 4.27. The van der Waals surface area contributed by atoms with Crippen LogP contribution in [0, 0.1) is 5.92 Å². The Kier molecular flexibility index (Phi) is 7.60. The first-order valence-electron chi connectivity index (χ1n) is 7.21. The molecular formula is C18H22O5. The fourth-order valence-electron chi connectivity index (χ4n) is 2.03. The van der Waals surface area contributed by atoms with Gasteiger partial charge in [0.05, 0.1) is 26.1 Å². The third kappa shape index (κ3) is 5.98. The molecule has 0 N–H and O–H groups in total. The highest BCUT2D eigenvalue weighted by Crippen LogP contribution is 2.21. The maximum absolute atomic E-state index is 11.9. The molecule has 0 radical (unpaired) electrons. The van der Waals surface area contributed by atoms with Crippen LogP contribution in [0.25, 0.3) is 6.08 Å². The SMILES string of the molecule is CO/C=C(/C(=O)OC)[C@H](C)[C@H](/C=C/c1ccccc1)OC(C)=O. The van der Waals surface area contributed by atoms with E-state index >= 15 is 0 Å². The topological polar surface area (TPSA) is 61.8 Å². The molecule has 0 fully saturated rings. The van der Waals surface area contributed by atoms with Gasteiger partial charge in [-0.3, -0.25) is 4.79 Å². The first-order chi connectivity index (χ1) is 11.0. The van der Waals surface area contributed by atoms with Crippen molar-refractivity contribution in [3.63, 3.8) is 0 Å². The Bertz CT molecular complexity index is 574. The van der Waals surface area contributed by atoms with Gasteiger partial charge in [-0.2, -0.15) is 0 Å². The van der Waals surface area contributed by atoms with E-state index in [4.69, 9.17) is 14.2 Å². The van der Waals surface area contributed by atoms with Crippen LogP contribution in [0.2, 0.25) is 0 Å². The molecule has 124 valence electrons. The quantitative estimate of drug-likeness (QED) is 0.439. The van der Waals surface area contributed by atoms with Gasteiger partial charge in [-0.1, -0.05) is 43.3 Å². The second-order valence-corrected chi connectivity index (χ2v) is 4.93. The van der Waals surface area contributed by atoms with Gasteiger partial charge in [0.25, 0.3) is 0 Å². The van der Waals surface area contributed by atoms with Crippen LogP contribution in [0.5, 0.6) is 0 Å². The number of carbonyl (C=O) groups excluding carboxylic acids is 2. The van der Waals surface area contributed by atoms with Crippen molar-refractivity contribution >= 4 is 18.0 Å². The highest BCUT2D eigenvalue weighted by molar-refractivity contribution is 5.88. The molecular weight excluding hydrogens is 296 g/mol. The lowest BCUT2D eigenvalue weighted by atomic mass is 9.95. The van der Waals surface area contributed by atoms with Gasteiger partial charge in [0, 0.05) is 12.8 Å². The van der Waals surface area contributed by atoms with Crippen molar-refractivity contribution in [3.8, 4) is 0 Å². The average molecular weight is 318 g/mol. The summed E-state index contributed by atoms with van der Waals surface area (Å²) >= 11 is 0. The third-order valence-electron chi connectivity index (χ3n) is 3.23. The molecule has 0 saturated heterocycles. The number of ether oxygens (including phenoxy) is 3. The second kappa shape index (κ2) is 9.46. The first-order valence-corrected chi connectivity index (χ1v) is 7.21. The van der Waals surface area contributed by atoms with E-state index in [-0.39, 0.29) is 0 Å². The Hall–Kier alpha value is -2.56. The van der Waals surface area contributed by atoms with Crippen molar-refractivity contribution < 1.29 is 23.8 Å². The van der Waals surface area contributed by atoms with Crippen molar-refractivity contribution in [2.45, 2.75) is 20.0 Å². The van der Waals surface area contributed by atoms with Crippen LogP contribution in [0.15, 0.2) is 48.2 Å². The predicted molar refractivity (Wildman–Crippen MR) is 87.3 cm³/mol. The largest absolute Gasteiger partial charge is 0.504 e. The number of methoxy groups -OCH3 is 2. The normalized spacial score (nSPS) is 14.2. The molecule has 1 rings (SSSR count). The Morgan fingerprint density at radius 1 is 1.13 bits per heavy atom. The van der Waals surface area contributed by atoms with E-state index in [1.807, 2.05) is 36.4 Å². The Balaban J connectivity index is 3.04. The highest BCUT2D eigenvalue weighted by atomic mass is 16.5. The van der Waals surface area contributed by atoms with Crippen LogP contribution in [-0.2, 0) is 23.8 Å². The Morgan fingerprint density at radius 2 is 1.78 bits per heavy atom. The zero-order valence-electron chi connectivity index (χ0n) is 13.8. The summed E-state index contributed by atoms with van der Waals surface area (Å²) < 4.78 is 15.0. The molecule has 1 aromatic carbocycles. The summed E-state index contributed by atoms with van der Waals surface area (Å²) in [6, 6.07) is 9.60. The summed E-state index contributed by atoms with van der Waals surface area (Å²) in [7, 11) is 2.73. The van der Waals surface area contributed by atoms with Crippen molar-refractivity contribution in [1.29, 1.82) is 0 Å². The van der Waals surface area contributed by atoms with Crippen molar-refractivity contribution in [2.75, 3.05) is 14.2 Å². The molecule has 0 saturated carbocycles. The summed E-state index contributed by atoms with van der Waals surface area (Å²) in [5, 5.41) is 0. The van der Waals surface area contributed by atoms with Crippen LogP contribution in [0.4, 0.5) is 0 Å². The lowest BCUT2D eigenvalue weighted by Crippen LogP contribution is -2.27. The second-order valence-electron chi connectivity index (χ2n) is 4.93. The molecule has 0 aromatic heterocycles. The fraction of sp³-hybridized carbons (Fsp3) is 0.333. The van der Waals surface area contributed by atoms with Crippen molar-refractivity contribution in [3.05, 3.63) is 53.8 Å². The van der Waals surface area contributed by atoms with Gasteiger partial charge < -0.3 is 14.2 Å². The van der Waals surface area contributed by atoms with E-state index in [2.05, 4.69) is 0 Å². The molecule has 0 bridgehead atoms. The smallest absolute Gasteiger partial charge is 0.337 e. The van der Waals surface area contributed by atoms with Crippen LogP contribution in [0.3, 0.4) is 0 Å². The highest BCUT2D eigenvalue weighted by Gasteiger charge is 2.27. The van der Waals surface area contributed by atoms with E-state index in [1.165, 1.54) is 27.4 Å². The number of rotatable bonds is 7. The molecule has 0 spiro atoms. The summed E-state index contributed by atoms with van der Waals surface area (Å²) in [5.41, 5.74) is 1.26. The van der Waals surface area contributed by atoms with E-state index in [0.717, 1.165) is 5.56 Å². The Morgan fingerprint density at radius 3 is 2.30 bits per heavy atom. The van der Waals surface area contributed by atoms with Gasteiger partial charge in [-0.15, -0.1) is 0 Å². The monoisotopic (exact) mass is 318 g/mol. The molecule has 2 atom stereocenters. The minimum Gasteiger partial charge on any atom is -0.504 e. The third-order valence-corrected chi connectivity index (χ3v) is 3.23. The summed E-state index contributed by atoms with van der Waals surface area (Å²) in [6.45, 7) is 3.10. The molecule has 5 heteroatoms. The fourth-order valence-corrected chi connectivity index (χ4v) is 2.03. The number of hydrogen-bond acceptors (Lipinski definition) is 5. The molecule has 5 nitrogen and oxygen atoms in total. The first kappa shape index (κ1) is 18.5. The molecule has 0 aliphatic carbocycles. The van der Waals surface area contributed by atoms with E-state index in [9.17, 15) is 9.59 Å². The number of esters is 2. The average Bonchev–Trinajstić information content (AvgIpc) is 2.55. The number of carbonyl (C=O) groups is 2. The molecule has 23 heavy (non-hydrogen) atoms. The standard InChI is InChI=1S/C18H22O5/c1-13(16(12-21-3)18(20)22-4)17(23-14(2)19)11-10-15-8-6-5-7-9-15/h5-13,17H,1-4H3/b11-10+,16-12+/t13-,17-/m0/s1. The summed E-state index contributed by atoms with van der Waals surface area (Å²) in [4.78, 5) is 23.2. The molecule has 0 aliphatic heterocycles. The van der Waals surface area contributed by atoms with Gasteiger partial charge in [-0.25, -0.2) is 4.79 Å². The lowest BCUT2D eigenvalue weighted by Gasteiger charge is -2.22. The minimum atomic E-state index is -0.617. The predicted octanol–water partition coefficient (Wildman–Crippen LogP) is 2.97. The van der Waals surface area contributed by atoms with Gasteiger partial charge in [0.1, 0.15) is 6.10 Å². The molecule has 0 heterocycles. The lowest BCUT2D eigenvalue weighted by molar-refractivity contribution is -0.147. The van der Waals surface area contributed by atoms with E-state index in [0.29, 0.717) is 5.57 Å². The maximum Gasteiger partial charge on any atom is 0.337 e. The van der Waals surface area contributed by atoms with Crippen LogP contribution < -0.4 is 0 Å². The zero-order valence-corrected chi connectivity index (χ0v) is 13.8. The molecule has 1 aromatic rings. The van der Waals surface area contributed by atoms with Crippen molar-refractivity contribution in [2.24, 2.45) is 5.92 Å². The van der Waals surface area contributed by atoms with E-state index in [1.54, 1.807) is 13.0 Å². The van der Waals surface area contributed by atoms with Gasteiger partial charge in [-0.05, 0) is 11.6 Å². The number of benzene rings is 1. The van der Waals surface area contributed by atoms with Crippen molar-refractivity contribution in [1.82, 2.24) is 0 Å². The maximum atomic E-state index is 11.9. The van der Waals surface area contributed by atoms with Crippen LogP contribution in [-0.4, -0.2) is 32.3 Å². The zero-order chi connectivity index (χ0) is 17.2. The van der Waals surface area contributed by atoms with Crippen LogP contribution >= 0.6 is 0 Å².